The van der Waals surface area contributed by atoms with E-state index < -0.39 is 0 Å². The van der Waals surface area contributed by atoms with E-state index in [1.165, 1.54) is 19.3 Å². The Morgan fingerprint density at radius 3 is 2.33 bits per heavy atom. The second-order valence-corrected chi connectivity index (χ2v) is 6.17. The van der Waals surface area contributed by atoms with Crippen LogP contribution in [0, 0.1) is 17.8 Å². The Kier molecular flexibility index (Phi) is 3.57. The Bertz CT molecular complexity index is 299. The van der Waals surface area contributed by atoms with Crippen LogP contribution in [-0.4, -0.2) is 43.2 Å². The first-order valence-corrected chi connectivity index (χ1v) is 7.38. The van der Waals surface area contributed by atoms with Crippen LogP contribution in [0.2, 0.25) is 0 Å². The number of rotatable bonds is 2. The Labute approximate surface area is 109 Å². The summed E-state index contributed by atoms with van der Waals surface area (Å²) in [5.41, 5.74) is 6.18. The molecule has 2 heterocycles. The van der Waals surface area contributed by atoms with E-state index in [-0.39, 0.29) is 11.9 Å². The maximum absolute atomic E-state index is 12.4. The third-order valence-electron chi connectivity index (χ3n) is 5.10. The molecule has 0 aromatic heterocycles. The number of carbonyl (C=O) groups excluding carboxylic acids is 1. The SMILES string of the molecule is NC(C(=O)N1CC2CCCC2C1)C1CCOCC1. The predicted octanol–water partition coefficient (Wildman–Crippen LogP) is 0.999. The van der Waals surface area contributed by atoms with Crippen molar-refractivity contribution < 1.29 is 9.53 Å². The second kappa shape index (κ2) is 5.17. The zero-order valence-electron chi connectivity index (χ0n) is 11.0. The van der Waals surface area contributed by atoms with Crippen LogP contribution in [0.15, 0.2) is 0 Å². The maximum atomic E-state index is 12.4. The van der Waals surface area contributed by atoms with Gasteiger partial charge in [0.05, 0.1) is 6.04 Å². The van der Waals surface area contributed by atoms with Crippen molar-refractivity contribution in [1.82, 2.24) is 4.90 Å². The molecule has 0 aromatic rings. The predicted molar refractivity (Wildman–Crippen MR) is 68.9 cm³/mol. The lowest BCUT2D eigenvalue weighted by Gasteiger charge is -2.30. The first kappa shape index (κ1) is 12.4. The Hall–Kier alpha value is -0.610. The fourth-order valence-electron chi connectivity index (χ4n) is 3.90. The van der Waals surface area contributed by atoms with Gasteiger partial charge in [0.25, 0.3) is 0 Å². The van der Waals surface area contributed by atoms with Crippen molar-refractivity contribution in [2.45, 2.75) is 38.1 Å². The van der Waals surface area contributed by atoms with Crippen LogP contribution in [0.5, 0.6) is 0 Å². The number of hydrogen-bond acceptors (Lipinski definition) is 3. The molecule has 1 aliphatic carbocycles. The van der Waals surface area contributed by atoms with Gasteiger partial charge in [0.2, 0.25) is 5.91 Å². The van der Waals surface area contributed by atoms with Crippen LogP contribution < -0.4 is 5.73 Å². The molecule has 0 aromatic carbocycles. The van der Waals surface area contributed by atoms with Gasteiger partial charge in [-0.25, -0.2) is 0 Å². The summed E-state index contributed by atoms with van der Waals surface area (Å²) in [6.45, 7) is 3.44. The van der Waals surface area contributed by atoms with Gasteiger partial charge in [-0.05, 0) is 43.4 Å². The molecule has 0 bridgehead atoms. The third kappa shape index (κ3) is 2.28. The number of amides is 1. The van der Waals surface area contributed by atoms with Crippen molar-refractivity contribution in [3.05, 3.63) is 0 Å². The summed E-state index contributed by atoms with van der Waals surface area (Å²) in [5, 5.41) is 0. The number of likely N-dealkylation sites (tertiary alicyclic amines) is 1. The largest absolute Gasteiger partial charge is 0.381 e. The normalized spacial score (nSPS) is 34.6. The molecule has 4 nitrogen and oxygen atoms in total. The molecule has 3 fully saturated rings. The summed E-state index contributed by atoms with van der Waals surface area (Å²) >= 11 is 0. The number of hydrogen-bond donors (Lipinski definition) is 1. The molecule has 102 valence electrons. The van der Waals surface area contributed by atoms with Gasteiger partial charge in [0.1, 0.15) is 0 Å². The lowest BCUT2D eigenvalue weighted by atomic mass is 9.91. The Morgan fingerprint density at radius 2 is 1.72 bits per heavy atom. The molecule has 3 rings (SSSR count). The zero-order valence-corrected chi connectivity index (χ0v) is 11.0. The van der Waals surface area contributed by atoms with Crippen LogP contribution in [0.25, 0.3) is 0 Å². The first-order chi connectivity index (χ1) is 8.75. The first-order valence-electron chi connectivity index (χ1n) is 7.38. The Morgan fingerprint density at radius 1 is 1.11 bits per heavy atom. The van der Waals surface area contributed by atoms with E-state index in [0.717, 1.165) is 51.0 Å². The van der Waals surface area contributed by atoms with E-state index in [9.17, 15) is 4.79 Å². The molecule has 0 spiro atoms. The zero-order chi connectivity index (χ0) is 12.5. The standard InChI is InChI=1S/C14H24N2O2/c15-13(10-4-6-18-7-5-10)14(17)16-8-11-2-1-3-12(11)9-16/h10-13H,1-9,15H2. The van der Waals surface area contributed by atoms with E-state index in [1.807, 2.05) is 4.90 Å². The summed E-state index contributed by atoms with van der Waals surface area (Å²) in [6, 6.07) is -0.298. The topological polar surface area (TPSA) is 55.6 Å². The van der Waals surface area contributed by atoms with Crippen molar-refractivity contribution in [3.63, 3.8) is 0 Å². The quantitative estimate of drug-likeness (QED) is 0.797. The highest BCUT2D eigenvalue weighted by Crippen LogP contribution is 2.38. The molecule has 4 heteroatoms. The number of fused-ring (bicyclic) bond motifs is 1. The van der Waals surface area contributed by atoms with E-state index in [4.69, 9.17) is 10.5 Å². The van der Waals surface area contributed by atoms with Gasteiger partial charge in [-0.2, -0.15) is 0 Å². The van der Waals surface area contributed by atoms with Crippen LogP contribution >= 0.6 is 0 Å². The summed E-state index contributed by atoms with van der Waals surface area (Å²) in [4.78, 5) is 14.5. The van der Waals surface area contributed by atoms with Crippen molar-refractivity contribution >= 4 is 5.91 Å². The molecule has 3 atom stereocenters. The number of nitrogens with zero attached hydrogens (tertiary/aromatic N) is 1. The molecule has 0 radical (unpaired) electrons. The van der Waals surface area contributed by atoms with Crippen molar-refractivity contribution in [2.75, 3.05) is 26.3 Å². The van der Waals surface area contributed by atoms with Gasteiger partial charge >= 0.3 is 0 Å². The van der Waals surface area contributed by atoms with Gasteiger partial charge < -0.3 is 15.4 Å². The van der Waals surface area contributed by atoms with Gasteiger partial charge in [-0.3, -0.25) is 4.79 Å². The van der Waals surface area contributed by atoms with Crippen molar-refractivity contribution in [2.24, 2.45) is 23.5 Å². The van der Waals surface area contributed by atoms with E-state index in [1.54, 1.807) is 0 Å². The second-order valence-electron chi connectivity index (χ2n) is 6.17. The molecular weight excluding hydrogens is 228 g/mol. The third-order valence-corrected chi connectivity index (χ3v) is 5.10. The summed E-state index contributed by atoms with van der Waals surface area (Å²) in [5.74, 6) is 2.04. The highest BCUT2D eigenvalue weighted by Gasteiger charge is 2.40. The van der Waals surface area contributed by atoms with Crippen LogP contribution in [0.3, 0.4) is 0 Å². The minimum atomic E-state index is -0.298. The van der Waals surface area contributed by atoms with Gasteiger partial charge in [0, 0.05) is 26.3 Å². The average molecular weight is 252 g/mol. The van der Waals surface area contributed by atoms with E-state index >= 15 is 0 Å². The van der Waals surface area contributed by atoms with Crippen molar-refractivity contribution in [3.8, 4) is 0 Å². The summed E-state index contributed by atoms with van der Waals surface area (Å²) in [6.07, 6.45) is 5.84. The fourth-order valence-corrected chi connectivity index (χ4v) is 3.90. The average Bonchev–Trinajstić information content (AvgIpc) is 2.99. The summed E-state index contributed by atoms with van der Waals surface area (Å²) < 4.78 is 5.34. The molecule has 18 heavy (non-hydrogen) atoms. The van der Waals surface area contributed by atoms with Gasteiger partial charge in [-0.15, -0.1) is 0 Å². The van der Waals surface area contributed by atoms with E-state index in [2.05, 4.69) is 0 Å². The highest BCUT2D eigenvalue weighted by atomic mass is 16.5. The van der Waals surface area contributed by atoms with Crippen molar-refractivity contribution in [1.29, 1.82) is 0 Å². The number of nitrogens with two attached hydrogens (primary N) is 1. The lowest BCUT2D eigenvalue weighted by molar-refractivity contribution is -0.134. The molecular formula is C14H24N2O2. The molecule has 1 saturated carbocycles. The highest BCUT2D eigenvalue weighted by molar-refractivity contribution is 5.82. The maximum Gasteiger partial charge on any atom is 0.239 e. The molecule has 2 saturated heterocycles. The Balaban J connectivity index is 1.57. The minimum Gasteiger partial charge on any atom is -0.381 e. The minimum absolute atomic E-state index is 0.191. The monoisotopic (exact) mass is 252 g/mol. The van der Waals surface area contributed by atoms with Gasteiger partial charge in [-0.1, -0.05) is 6.42 Å². The summed E-state index contributed by atoms with van der Waals surface area (Å²) in [7, 11) is 0. The molecule has 1 amide bonds. The van der Waals surface area contributed by atoms with Gasteiger partial charge in [0.15, 0.2) is 0 Å². The fraction of sp³-hybridized carbons (Fsp3) is 0.929. The van der Waals surface area contributed by atoms with Crippen LogP contribution in [0.4, 0.5) is 0 Å². The molecule has 2 N–H and O–H groups in total. The molecule has 3 unspecified atom stereocenters. The lowest BCUT2D eigenvalue weighted by Crippen LogP contribution is -2.48. The molecule has 3 aliphatic rings. The molecule has 2 aliphatic heterocycles. The van der Waals surface area contributed by atoms with Crippen LogP contribution in [0.1, 0.15) is 32.1 Å². The number of carbonyl (C=O) groups is 1. The van der Waals surface area contributed by atoms with Crippen LogP contribution in [-0.2, 0) is 9.53 Å². The number of ether oxygens (including phenoxy) is 1. The van der Waals surface area contributed by atoms with E-state index in [0.29, 0.717) is 5.92 Å². The smallest absolute Gasteiger partial charge is 0.239 e.